The summed E-state index contributed by atoms with van der Waals surface area (Å²) in [5.74, 6) is 3.99. The third kappa shape index (κ3) is 4.69. The van der Waals surface area contributed by atoms with Crippen LogP contribution in [0.1, 0.15) is 26.1 Å². The van der Waals surface area contributed by atoms with Crippen LogP contribution in [-0.2, 0) is 6.42 Å². The summed E-state index contributed by atoms with van der Waals surface area (Å²) in [5.41, 5.74) is 2.17. The Hall–Kier alpha value is -1.69. The minimum Gasteiger partial charge on any atom is -0.356 e. The Bertz CT molecular complexity index is 676. The molecular formula is C19H29N5S. The van der Waals surface area contributed by atoms with Gasteiger partial charge in [-0.2, -0.15) is 11.8 Å². The first-order chi connectivity index (χ1) is 12.2. The predicted octanol–water partition coefficient (Wildman–Crippen LogP) is 3.14. The molecule has 2 aromatic rings. The maximum atomic E-state index is 4.64. The molecule has 0 saturated carbocycles. The summed E-state index contributed by atoms with van der Waals surface area (Å²) in [5, 5.41) is 4.22. The fourth-order valence-electron chi connectivity index (χ4n) is 3.18. The molecule has 1 aromatic heterocycles. The van der Waals surface area contributed by atoms with E-state index in [1.165, 1.54) is 5.75 Å². The molecule has 1 aliphatic rings. The zero-order valence-electron chi connectivity index (χ0n) is 15.5. The number of benzene rings is 1. The van der Waals surface area contributed by atoms with Crippen molar-refractivity contribution in [2.75, 3.05) is 32.4 Å². The molecule has 0 bridgehead atoms. The van der Waals surface area contributed by atoms with Gasteiger partial charge in [0.15, 0.2) is 5.96 Å². The topological polar surface area (TPSA) is 56.3 Å². The Morgan fingerprint density at radius 3 is 3.04 bits per heavy atom. The number of hydrogen-bond donors (Lipinski definition) is 2. The molecule has 25 heavy (non-hydrogen) atoms. The van der Waals surface area contributed by atoms with Crippen molar-refractivity contribution in [3.05, 3.63) is 30.1 Å². The lowest BCUT2D eigenvalue weighted by Gasteiger charge is -2.36. The van der Waals surface area contributed by atoms with Crippen LogP contribution in [0.4, 0.5) is 0 Å². The molecule has 1 unspecified atom stereocenters. The molecule has 5 nitrogen and oxygen atoms in total. The third-order valence-electron chi connectivity index (χ3n) is 4.66. The molecule has 1 aliphatic heterocycles. The molecule has 1 aromatic carbocycles. The smallest absolute Gasteiger partial charge is 0.193 e. The van der Waals surface area contributed by atoms with Crippen molar-refractivity contribution < 1.29 is 0 Å². The highest BCUT2D eigenvalue weighted by molar-refractivity contribution is 8.00. The van der Waals surface area contributed by atoms with E-state index in [1.807, 2.05) is 19.2 Å². The number of rotatable bonds is 5. The number of fused-ring (bicyclic) bond motifs is 1. The van der Waals surface area contributed by atoms with Gasteiger partial charge in [0.25, 0.3) is 0 Å². The van der Waals surface area contributed by atoms with Crippen LogP contribution in [0.2, 0.25) is 0 Å². The maximum Gasteiger partial charge on any atom is 0.193 e. The van der Waals surface area contributed by atoms with Crippen molar-refractivity contribution in [3.63, 3.8) is 0 Å². The molecule has 1 saturated heterocycles. The van der Waals surface area contributed by atoms with Crippen molar-refractivity contribution in [1.82, 2.24) is 20.2 Å². The summed E-state index contributed by atoms with van der Waals surface area (Å²) in [6, 6.07) is 8.19. The summed E-state index contributed by atoms with van der Waals surface area (Å²) in [7, 11) is 1.88. The molecule has 136 valence electrons. The highest BCUT2D eigenvalue weighted by atomic mass is 32.2. The molecule has 2 heterocycles. The summed E-state index contributed by atoms with van der Waals surface area (Å²) in [6.45, 7) is 7.71. The number of aromatic amines is 1. The van der Waals surface area contributed by atoms with Crippen LogP contribution in [0.15, 0.2) is 29.3 Å². The molecule has 0 amide bonds. The molecule has 0 aliphatic carbocycles. The second-order valence-corrected chi connectivity index (χ2v) is 8.22. The number of aromatic nitrogens is 2. The molecule has 0 radical (unpaired) electrons. The second kappa shape index (κ2) is 8.61. The minimum absolute atomic E-state index is 0.697. The van der Waals surface area contributed by atoms with Crippen LogP contribution in [0.5, 0.6) is 0 Å². The van der Waals surface area contributed by atoms with Crippen LogP contribution >= 0.6 is 11.8 Å². The fraction of sp³-hybridized carbons (Fsp3) is 0.579. The molecule has 2 N–H and O–H groups in total. The number of para-hydroxylation sites is 2. The molecule has 1 atom stereocenters. The van der Waals surface area contributed by atoms with Crippen LogP contribution in [0.25, 0.3) is 11.0 Å². The summed E-state index contributed by atoms with van der Waals surface area (Å²) >= 11 is 2.09. The number of aryl methyl sites for hydroxylation is 1. The molecule has 1 fully saturated rings. The summed E-state index contributed by atoms with van der Waals surface area (Å²) < 4.78 is 0. The summed E-state index contributed by atoms with van der Waals surface area (Å²) in [6.07, 6.45) is 1.98. The minimum atomic E-state index is 0.697. The van der Waals surface area contributed by atoms with Gasteiger partial charge in [0.1, 0.15) is 5.82 Å². The average Bonchev–Trinajstić information content (AvgIpc) is 3.04. The Morgan fingerprint density at radius 2 is 2.28 bits per heavy atom. The first-order valence-corrected chi connectivity index (χ1v) is 10.2. The Labute approximate surface area is 154 Å². The zero-order chi connectivity index (χ0) is 17.6. The van der Waals surface area contributed by atoms with Gasteiger partial charge in [-0.3, -0.25) is 4.99 Å². The van der Waals surface area contributed by atoms with Gasteiger partial charge in [-0.25, -0.2) is 4.98 Å². The Kier molecular flexibility index (Phi) is 6.24. The number of nitrogens with zero attached hydrogens (tertiary/aromatic N) is 3. The Balaban J connectivity index is 1.46. The van der Waals surface area contributed by atoms with Gasteiger partial charge < -0.3 is 15.2 Å². The van der Waals surface area contributed by atoms with E-state index in [4.69, 9.17) is 0 Å². The number of thioether (sulfide) groups is 1. The van der Waals surface area contributed by atoms with Crippen LogP contribution in [0.3, 0.4) is 0 Å². The number of aliphatic imine (C=N–C) groups is 1. The van der Waals surface area contributed by atoms with Crippen molar-refractivity contribution in [2.45, 2.75) is 31.9 Å². The molecule has 6 heteroatoms. The van der Waals surface area contributed by atoms with Gasteiger partial charge in [-0.1, -0.05) is 26.0 Å². The zero-order valence-corrected chi connectivity index (χ0v) is 16.3. The quantitative estimate of drug-likeness (QED) is 0.489. The number of nitrogens with one attached hydrogen (secondary N) is 2. The standard InChI is InChI=1S/C19H29N5S/c1-14(2)17-13-24(11-12-25-17)19(20-3)21-10-6-9-18-22-15-7-4-5-8-16(15)23-18/h4-5,7-8,14,17H,6,9-13H2,1-3H3,(H,20,21)(H,22,23). The van der Waals surface area contributed by atoms with Crippen molar-refractivity contribution in [1.29, 1.82) is 0 Å². The monoisotopic (exact) mass is 359 g/mol. The first kappa shape index (κ1) is 18.1. The Morgan fingerprint density at radius 1 is 1.44 bits per heavy atom. The van der Waals surface area contributed by atoms with Gasteiger partial charge in [0.2, 0.25) is 0 Å². The highest BCUT2D eigenvalue weighted by Crippen LogP contribution is 2.24. The molecular weight excluding hydrogens is 330 g/mol. The first-order valence-electron chi connectivity index (χ1n) is 9.18. The second-order valence-electron chi connectivity index (χ2n) is 6.88. The van der Waals surface area contributed by atoms with E-state index in [9.17, 15) is 0 Å². The maximum absolute atomic E-state index is 4.64. The predicted molar refractivity (Wildman–Crippen MR) is 108 cm³/mol. The number of guanidine groups is 1. The summed E-state index contributed by atoms with van der Waals surface area (Å²) in [4.78, 5) is 14.9. The van der Waals surface area contributed by atoms with E-state index < -0.39 is 0 Å². The largest absolute Gasteiger partial charge is 0.356 e. The van der Waals surface area contributed by atoms with Gasteiger partial charge in [0, 0.05) is 44.1 Å². The third-order valence-corrected chi connectivity index (χ3v) is 6.20. The lowest BCUT2D eigenvalue weighted by Crippen LogP contribution is -2.49. The van der Waals surface area contributed by atoms with Crippen LogP contribution in [-0.4, -0.2) is 58.5 Å². The van der Waals surface area contributed by atoms with E-state index in [2.05, 4.69) is 62.9 Å². The average molecular weight is 360 g/mol. The van der Waals surface area contributed by atoms with Gasteiger partial charge in [-0.05, 0) is 24.5 Å². The lowest BCUT2D eigenvalue weighted by atomic mass is 10.1. The molecule has 3 rings (SSSR count). The van der Waals surface area contributed by atoms with E-state index in [0.717, 1.165) is 55.3 Å². The normalized spacial score (nSPS) is 19.0. The van der Waals surface area contributed by atoms with Crippen molar-refractivity contribution in [3.8, 4) is 0 Å². The number of imidazole rings is 1. The van der Waals surface area contributed by atoms with E-state index >= 15 is 0 Å². The number of H-pyrrole nitrogens is 1. The van der Waals surface area contributed by atoms with E-state index in [-0.39, 0.29) is 0 Å². The van der Waals surface area contributed by atoms with Crippen LogP contribution in [0, 0.1) is 5.92 Å². The molecule has 0 spiro atoms. The fourth-order valence-corrected chi connectivity index (χ4v) is 4.48. The lowest BCUT2D eigenvalue weighted by molar-refractivity contribution is 0.380. The number of hydrogen-bond acceptors (Lipinski definition) is 3. The van der Waals surface area contributed by atoms with Gasteiger partial charge >= 0.3 is 0 Å². The van der Waals surface area contributed by atoms with Crippen LogP contribution < -0.4 is 5.32 Å². The van der Waals surface area contributed by atoms with Gasteiger partial charge in [-0.15, -0.1) is 0 Å². The highest BCUT2D eigenvalue weighted by Gasteiger charge is 2.24. The van der Waals surface area contributed by atoms with E-state index in [0.29, 0.717) is 11.2 Å². The van der Waals surface area contributed by atoms with Gasteiger partial charge in [0.05, 0.1) is 11.0 Å². The van der Waals surface area contributed by atoms with Crippen molar-refractivity contribution >= 4 is 28.8 Å². The van der Waals surface area contributed by atoms with E-state index in [1.54, 1.807) is 0 Å². The SMILES string of the molecule is CN=C(NCCCc1nc2ccccc2[nH]1)N1CCSC(C(C)C)C1. The van der Waals surface area contributed by atoms with Crippen molar-refractivity contribution in [2.24, 2.45) is 10.9 Å².